The average molecular weight is 226 g/mol. The van der Waals surface area contributed by atoms with Crippen molar-refractivity contribution in [1.82, 2.24) is 0 Å². The summed E-state index contributed by atoms with van der Waals surface area (Å²) in [5.41, 5.74) is 0. The summed E-state index contributed by atoms with van der Waals surface area (Å²) >= 11 is 1.00. The lowest BCUT2D eigenvalue weighted by molar-refractivity contribution is 0.152. The summed E-state index contributed by atoms with van der Waals surface area (Å²) in [6, 6.07) is 10.4. The van der Waals surface area contributed by atoms with Crippen LogP contribution in [0, 0.1) is 0 Å². The molecule has 15 heavy (non-hydrogen) atoms. The topological polar surface area (TPSA) is 9.23 Å². The zero-order valence-electron chi connectivity index (χ0n) is 7.69. The molecule has 0 aliphatic rings. The Morgan fingerprint density at radius 2 is 1.80 bits per heavy atom. The summed E-state index contributed by atoms with van der Waals surface area (Å²) in [5.74, 6) is 0.805. The molecule has 0 atom stereocenters. The number of ether oxygens (including phenoxy) is 1. The molecule has 0 N–H and O–H groups in total. The predicted octanol–water partition coefficient (Wildman–Crippen LogP) is 4.48. The van der Waals surface area contributed by atoms with Crippen LogP contribution in [0.3, 0.4) is 0 Å². The van der Waals surface area contributed by atoms with Gasteiger partial charge in [-0.15, -0.1) is 11.3 Å². The van der Waals surface area contributed by atoms with Gasteiger partial charge < -0.3 is 4.74 Å². The van der Waals surface area contributed by atoms with E-state index in [9.17, 15) is 8.78 Å². The summed E-state index contributed by atoms with van der Waals surface area (Å²) in [6.07, 6.45) is -2.48. The van der Waals surface area contributed by atoms with E-state index in [0.717, 1.165) is 11.3 Å². The van der Waals surface area contributed by atoms with Crippen LogP contribution in [0.15, 0.2) is 41.8 Å². The maximum absolute atomic E-state index is 12.5. The number of thiophene rings is 1. The molecule has 0 fully saturated rings. The van der Waals surface area contributed by atoms with Gasteiger partial charge >= 0.3 is 0 Å². The minimum Gasteiger partial charge on any atom is -0.456 e. The SMILES string of the molecule is FC(F)c1sccc1Oc1ccccc1. The second-order valence-corrected chi connectivity index (χ2v) is 3.81. The number of hydrogen-bond acceptors (Lipinski definition) is 2. The fraction of sp³-hybridized carbons (Fsp3) is 0.0909. The highest BCUT2D eigenvalue weighted by atomic mass is 32.1. The van der Waals surface area contributed by atoms with Crippen LogP contribution in [-0.2, 0) is 0 Å². The monoisotopic (exact) mass is 226 g/mol. The summed E-state index contributed by atoms with van der Waals surface area (Å²) in [7, 11) is 0. The number of rotatable bonds is 3. The van der Waals surface area contributed by atoms with Gasteiger partial charge in [0.25, 0.3) is 6.43 Å². The molecule has 0 spiro atoms. The maximum atomic E-state index is 12.5. The standard InChI is InChI=1S/C11H8F2OS/c12-11(13)10-9(6-7-15-10)14-8-4-2-1-3-5-8/h1-7,11H. The number of para-hydroxylation sites is 1. The molecular weight excluding hydrogens is 218 g/mol. The Morgan fingerprint density at radius 1 is 1.07 bits per heavy atom. The average Bonchev–Trinajstić information content (AvgIpc) is 2.67. The largest absolute Gasteiger partial charge is 0.456 e. The number of benzene rings is 1. The van der Waals surface area contributed by atoms with Crippen molar-refractivity contribution in [1.29, 1.82) is 0 Å². The van der Waals surface area contributed by atoms with Gasteiger partial charge in [-0.2, -0.15) is 0 Å². The van der Waals surface area contributed by atoms with Gasteiger partial charge in [-0.3, -0.25) is 0 Å². The first-order valence-corrected chi connectivity index (χ1v) is 5.24. The zero-order chi connectivity index (χ0) is 10.7. The van der Waals surface area contributed by atoms with E-state index in [-0.39, 0.29) is 10.6 Å². The summed E-state index contributed by atoms with van der Waals surface area (Å²) in [4.78, 5) is -0.0288. The first-order valence-electron chi connectivity index (χ1n) is 4.36. The minimum atomic E-state index is -2.48. The van der Waals surface area contributed by atoms with Crippen molar-refractivity contribution in [3.63, 3.8) is 0 Å². The van der Waals surface area contributed by atoms with Crippen molar-refractivity contribution < 1.29 is 13.5 Å². The summed E-state index contributed by atoms with van der Waals surface area (Å²) in [6.45, 7) is 0. The smallest absolute Gasteiger partial charge is 0.276 e. The number of halogens is 2. The first-order chi connectivity index (χ1) is 7.27. The third-order valence-corrected chi connectivity index (χ3v) is 2.73. The quantitative estimate of drug-likeness (QED) is 0.749. The highest BCUT2D eigenvalue weighted by Crippen LogP contribution is 2.36. The van der Waals surface area contributed by atoms with Gasteiger partial charge in [0.15, 0.2) is 0 Å². The van der Waals surface area contributed by atoms with Crippen molar-refractivity contribution in [2.75, 3.05) is 0 Å². The van der Waals surface area contributed by atoms with E-state index in [0.29, 0.717) is 5.75 Å². The minimum absolute atomic E-state index is 0.0288. The van der Waals surface area contributed by atoms with E-state index in [1.54, 1.807) is 35.7 Å². The molecule has 1 nitrogen and oxygen atoms in total. The van der Waals surface area contributed by atoms with Gasteiger partial charge in [-0.1, -0.05) is 18.2 Å². The Morgan fingerprint density at radius 3 is 2.47 bits per heavy atom. The normalized spacial score (nSPS) is 10.6. The maximum Gasteiger partial charge on any atom is 0.276 e. The van der Waals surface area contributed by atoms with Gasteiger partial charge in [0.05, 0.1) is 0 Å². The van der Waals surface area contributed by atoms with Crippen LogP contribution in [0.2, 0.25) is 0 Å². The van der Waals surface area contributed by atoms with E-state index in [1.165, 1.54) is 0 Å². The van der Waals surface area contributed by atoms with E-state index in [1.807, 2.05) is 6.07 Å². The van der Waals surface area contributed by atoms with Crippen molar-refractivity contribution in [2.45, 2.75) is 6.43 Å². The fourth-order valence-corrected chi connectivity index (χ4v) is 1.84. The van der Waals surface area contributed by atoms with Crippen LogP contribution in [0.5, 0.6) is 11.5 Å². The highest BCUT2D eigenvalue weighted by molar-refractivity contribution is 7.10. The lowest BCUT2D eigenvalue weighted by atomic mass is 10.3. The van der Waals surface area contributed by atoms with Crippen molar-refractivity contribution in [3.05, 3.63) is 46.7 Å². The number of hydrogen-bond donors (Lipinski definition) is 0. The molecule has 1 aromatic heterocycles. The molecular formula is C11H8F2OS. The van der Waals surface area contributed by atoms with Crippen LogP contribution in [0.1, 0.15) is 11.3 Å². The van der Waals surface area contributed by atoms with Gasteiger partial charge in [-0.25, -0.2) is 8.78 Å². The summed E-state index contributed by atoms with van der Waals surface area (Å²) < 4.78 is 30.3. The molecule has 0 bridgehead atoms. The second-order valence-electron chi connectivity index (χ2n) is 2.86. The Kier molecular flexibility index (Phi) is 2.97. The second kappa shape index (κ2) is 4.40. The van der Waals surface area contributed by atoms with Gasteiger partial charge in [0.2, 0.25) is 0 Å². The van der Waals surface area contributed by atoms with Crippen LogP contribution in [-0.4, -0.2) is 0 Å². The van der Waals surface area contributed by atoms with E-state index >= 15 is 0 Å². The Hall–Kier alpha value is -1.42. The predicted molar refractivity (Wildman–Crippen MR) is 55.8 cm³/mol. The molecule has 0 saturated carbocycles. The highest BCUT2D eigenvalue weighted by Gasteiger charge is 2.15. The van der Waals surface area contributed by atoms with Gasteiger partial charge in [-0.05, 0) is 23.6 Å². The molecule has 0 aliphatic heterocycles. The first kappa shape index (κ1) is 10.1. The molecule has 0 aliphatic carbocycles. The van der Waals surface area contributed by atoms with Crippen LogP contribution >= 0.6 is 11.3 Å². The molecule has 2 rings (SSSR count). The van der Waals surface area contributed by atoms with Crippen LogP contribution < -0.4 is 4.74 Å². The van der Waals surface area contributed by atoms with Crippen LogP contribution in [0.4, 0.5) is 8.78 Å². The Bertz CT molecular complexity index is 425. The zero-order valence-corrected chi connectivity index (χ0v) is 8.51. The third-order valence-electron chi connectivity index (χ3n) is 1.83. The molecule has 0 saturated heterocycles. The lowest BCUT2D eigenvalue weighted by Crippen LogP contribution is -1.86. The molecule has 0 amide bonds. The molecule has 1 heterocycles. The van der Waals surface area contributed by atoms with Crippen molar-refractivity contribution in [2.24, 2.45) is 0 Å². The lowest BCUT2D eigenvalue weighted by Gasteiger charge is -2.05. The Labute approximate surface area is 89.9 Å². The fourth-order valence-electron chi connectivity index (χ4n) is 1.17. The van der Waals surface area contributed by atoms with Crippen molar-refractivity contribution >= 4 is 11.3 Å². The molecule has 0 unspecified atom stereocenters. The van der Waals surface area contributed by atoms with Crippen LogP contribution in [0.25, 0.3) is 0 Å². The molecule has 78 valence electrons. The number of alkyl halides is 2. The molecule has 2 aromatic rings. The van der Waals surface area contributed by atoms with E-state index < -0.39 is 6.43 Å². The van der Waals surface area contributed by atoms with Crippen molar-refractivity contribution in [3.8, 4) is 11.5 Å². The van der Waals surface area contributed by atoms with Gasteiger partial charge in [0, 0.05) is 0 Å². The third kappa shape index (κ3) is 2.33. The Balaban J connectivity index is 2.21. The van der Waals surface area contributed by atoms with E-state index in [2.05, 4.69) is 0 Å². The molecule has 4 heteroatoms. The molecule has 0 radical (unpaired) electrons. The summed E-state index contributed by atoms with van der Waals surface area (Å²) in [5, 5.41) is 1.60. The molecule has 1 aromatic carbocycles. The van der Waals surface area contributed by atoms with Gasteiger partial charge in [0.1, 0.15) is 16.4 Å². The van der Waals surface area contributed by atoms with E-state index in [4.69, 9.17) is 4.74 Å².